The number of anilines is 1. The maximum atomic E-state index is 13.4. The van der Waals surface area contributed by atoms with Gasteiger partial charge in [-0.05, 0) is 36.1 Å². The van der Waals surface area contributed by atoms with Crippen LogP contribution in [-0.4, -0.2) is 23.4 Å². The lowest BCUT2D eigenvalue weighted by molar-refractivity contribution is -0.132. The van der Waals surface area contributed by atoms with Crippen molar-refractivity contribution in [1.29, 1.82) is 0 Å². The van der Waals surface area contributed by atoms with Gasteiger partial charge in [-0.1, -0.05) is 93.8 Å². The molecule has 0 radical (unpaired) electrons. The first-order chi connectivity index (χ1) is 17.5. The maximum absolute atomic E-state index is 13.4. The maximum Gasteiger partial charge on any atom is 0.300 e. The second-order valence-corrected chi connectivity index (χ2v) is 9.04. The van der Waals surface area contributed by atoms with Crippen LogP contribution in [0.15, 0.2) is 84.4 Å². The number of amides is 1. The van der Waals surface area contributed by atoms with Gasteiger partial charge in [-0.2, -0.15) is 0 Å². The first kappa shape index (κ1) is 25.2. The number of rotatable bonds is 10. The first-order valence-electron chi connectivity index (χ1n) is 12.7. The normalized spacial score (nSPS) is 16.9. The molecule has 3 aromatic carbocycles. The highest BCUT2D eigenvalue weighted by molar-refractivity contribution is 6.51. The van der Waals surface area contributed by atoms with Crippen LogP contribution >= 0.6 is 0 Å². The molecule has 1 amide bonds. The Kier molecular flexibility index (Phi) is 8.21. The predicted octanol–water partition coefficient (Wildman–Crippen LogP) is 6.83. The number of ether oxygens (including phenoxy) is 1. The predicted molar refractivity (Wildman–Crippen MR) is 143 cm³/mol. The average molecular weight is 484 g/mol. The fourth-order valence-electron chi connectivity index (χ4n) is 4.54. The molecule has 5 heteroatoms. The summed E-state index contributed by atoms with van der Waals surface area (Å²) in [4.78, 5) is 28.2. The summed E-state index contributed by atoms with van der Waals surface area (Å²) in [6.07, 6.45) is 5.28. The Labute approximate surface area is 213 Å². The highest BCUT2D eigenvalue weighted by Crippen LogP contribution is 2.42. The summed E-state index contributed by atoms with van der Waals surface area (Å²) in [5.41, 5.74) is 3.04. The van der Waals surface area contributed by atoms with Crippen molar-refractivity contribution in [2.24, 2.45) is 0 Å². The van der Waals surface area contributed by atoms with E-state index in [-0.39, 0.29) is 11.3 Å². The van der Waals surface area contributed by atoms with Gasteiger partial charge < -0.3 is 9.84 Å². The number of unbranched alkanes of at least 4 members (excludes halogenated alkanes) is 3. The minimum atomic E-state index is -0.754. The molecule has 1 aliphatic rings. The number of benzene rings is 3. The number of carbonyl (C=O) groups excluding carboxylic acids is 2. The van der Waals surface area contributed by atoms with E-state index in [1.54, 1.807) is 36.4 Å². The van der Waals surface area contributed by atoms with E-state index in [1.165, 1.54) is 11.3 Å². The van der Waals surface area contributed by atoms with Gasteiger partial charge in [0.15, 0.2) is 0 Å². The molecule has 0 aromatic heterocycles. The standard InChI is InChI=1S/C31H33NO4/c1-3-5-6-10-20-36-26-15-11-14-25(21-26)32-28(23-18-16-22(4-2)17-19-23)27(30(34)31(32)35)29(33)24-12-8-7-9-13-24/h7-9,11-19,21,28,33H,3-6,10,20H2,1-2H3/t28-/m1/s1. The summed E-state index contributed by atoms with van der Waals surface area (Å²) in [6.45, 7) is 4.84. The van der Waals surface area contributed by atoms with Crippen molar-refractivity contribution in [2.45, 2.75) is 52.0 Å². The number of aliphatic hydroxyl groups excluding tert-OH is 1. The van der Waals surface area contributed by atoms with Gasteiger partial charge in [0.25, 0.3) is 11.7 Å². The smallest absolute Gasteiger partial charge is 0.300 e. The van der Waals surface area contributed by atoms with Gasteiger partial charge in [0.05, 0.1) is 18.2 Å². The van der Waals surface area contributed by atoms with E-state index in [0.29, 0.717) is 23.6 Å². The monoisotopic (exact) mass is 483 g/mol. The molecule has 0 saturated carbocycles. The number of nitrogens with zero attached hydrogens (tertiary/aromatic N) is 1. The van der Waals surface area contributed by atoms with Crippen LogP contribution in [0.5, 0.6) is 5.75 Å². The van der Waals surface area contributed by atoms with Gasteiger partial charge in [-0.3, -0.25) is 14.5 Å². The van der Waals surface area contributed by atoms with Crippen LogP contribution in [0.4, 0.5) is 5.69 Å². The molecular formula is C31H33NO4. The SMILES string of the molecule is CCCCCCOc1cccc(N2C(=O)C(=O)C(=C(O)c3ccccc3)[C@H]2c2ccc(CC)cc2)c1. The van der Waals surface area contributed by atoms with E-state index >= 15 is 0 Å². The summed E-state index contributed by atoms with van der Waals surface area (Å²) in [7, 11) is 0. The van der Waals surface area contributed by atoms with Gasteiger partial charge in [0, 0.05) is 17.3 Å². The Bertz CT molecular complexity index is 1230. The Balaban J connectivity index is 1.75. The quantitative estimate of drug-likeness (QED) is 0.148. The fraction of sp³-hybridized carbons (Fsp3) is 0.290. The van der Waals surface area contributed by atoms with Crippen LogP contribution in [0.1, 0.15) is 62.3 Å². The highest BCUT2D eigenvalue weighted by Gasteiger charge is 2.47. The van der Waals surface area contributed by atoms with E-state index in [1.807, 2.05) is 42.5 Å². The summed E-state index contributed by atoms with van der Waals surface area (Å²) in [5, 5.41) is 11.2. The van der Waals surface area contributed by atoms with Crippen molar-refractivity contribution in [3.05, 3.63) is 101 Å². The average Bonchev–Trinajstić information content (AvgIpc) is 3.19. The fourth-order valence-corrected chi connectivity index (χ4v) is 4.54. The molecule has 1 fully saturated rings. The second kappa shape index (κ2) is 11.7. The third-order valence-corrected chi connectivity index (χ3v) is 6.56. The largest absolute Gasteiger partial charge is 0.507 e. The van der Waals surface area contributed by atoms with Gasteiger partial charge in [-0.15, -0.1) is 0 Å². The third kappa shape index (κ3) is 5.35. The Morgan fingerprint density at radius 2 is 1.64 bits per heavy atom. The number of hydrogen-bond donors (Lipinski definition) is 1. The summed E-state index contributed by atoms with van der Waals surface area (Å²) >= 11 is 0. The van der Waals surface area contributed by atoms with Crippen molar-refractivity contribution in [2.75, 3.05) is 11.5 Å². The highest BCUT2D eigenvalue weighted by atomic mass is 16.5. The molecule has 1 heterocycles. The lowest BCUT2D eigenvalue weighted by Crippen LogP contribution is -2.29. The van der Waals surface area contributed by atoms with Gasteiger partial charge in [-0.25, -0.2) is 0 Å². The Morgan fingerprint density at radius 3 is 2.33 bits per heavy atom. The van der Waals surface area contributed by atoms with Crippen molar-refractivity contribution < 1.29 is 19.4 Å². The van der Waals surface area contributed by atoms with Gasteiger partial charge in [0.2, 0.25) is 0 Å². The molecule has 1 atom stereocenters. The van der Waals surface area contributed by atoms with E-state index in [0.717, 1.165) is 36.8 Å². The zero-order valence-electron chi connectivity index (χ0n) is 20.9. The second-order valence-electron chi connectivity index (χ2n) is 9.04. The van der Waals surface area contributed by atoms with Crippen LogP contribution in [0, 0.1) is 0 Å². The van der Waals surface area contributed by atoms with Gasteiger partial charge in [0.1, 0.15) is 11.5 Å². The molecule has 1 aliphatic heterocycles. The minimum absolute atomic E-state index is 0.0846. The van der Waals surface area contributed by atoms with Crippen LogP contribution in [0.2, 0.25) is 0 Å². The Morgan fingerprint density at radius 1 is 0.889 bits per heavy atom. The van der Waals surface area contributed by atoms with E-state index in [2.05, 4.69) is 13.8 Å². The molecule has 4 rings (SSSR count). The van der Waals surface area contributed by atoms with Crippen LogP contribution in [0.3, 0.4) is 0 Å². The van der Waals surface area contributed by atoms with Crippen molar-refractivity contribution in [3.8, 4) is 5.75 Å². The number of aliphatic hydroxyl groups is 1. The summed E-state index contributed by atoms with van der Waals surface area (Å²) in [5.74, 6) is -0.901. The minimum Gasteiger partial charge on any atom is -0.507 e. The zero-order chi connectivity index (χ0) is 25.5. The molecule has 186 valence electrons. The molecule has 1 N–H and O–H groups in total. The van der Waals surface area contributed by atoms with E-state index < -0.39 is 17.7 Å². The summed E-state index contributed by atoms with van der Waals surface area (Å²) < 4.78 is 5.95. The molecule has 0 unspecified atom stereocenters. The molecular weight excluding hydrogens is 450 g/mol. The van der Waals surface area contributed by atoms with E-state index in [9.17, 15) is 14.7 Å². The third-order valence-electron chi connectivity index (χ3n) is 6.56. The first-order valence-corrected chi connectivity index (χ1v) is 12.7. The topological polar surface area (TPSA) is 66.8 Å². The van der Waals surface area contributed by atoms with Crippen LogP contribution in [-0.2, 0) is 16.0 Å². The van der Waals surface area contributed by atoms with Crippen molar-refractivity contribution in [1.82, 2.24) is 0 Å². The van der Waals surface area contributed by atoms with Crippen molar-refractivity contribution in [3.63, 3.8) is 0 Å². The lowest BCUT2D eigenvalue weighted by Gasteiger charge is -2.26. The number of ketones is 1. The molecule has 1 saturated heterocycles. The molecule has 0 aliphatic carbocycles. The molecule has 0 bridgehead atoms. The molecule has 3 aromatic rings. The number of Topliss-reactive ketones (excluding diaryl/α,β-unsaturated/α-hetero) is 1. The van der Waals surface area contributed by atoms with Crippen molar-refractivity contribution >= 4 is 23.1 Å². The zero-order valence-corrected chi connectivity index (χ0v) is 20.9. The van der Waals surface area contributed by atoms with E-state index in [4.69, 9.17) is 4.74 Å². The number of carbonyl (C=O) groups is 2. The summed E-state index contributed by atoms with van der Waals surface area (Å²) in [6, 6.07) is 23.2. The van der Waals surface area contributed by atoms with Crippen LogP contribution < -0.4 is 9.64 Å². The Hall–Kier alpha value is -3.86. The van der Waals surface area contributed by atoms with Gasteiger partial charge >= 0.3 is 0 Å². The molecule has 0 spiro atoms. The molecule has 5 nitrogen and oxygen atoms in total. The number of aryl methyl sites for hydroxylation is 1. The van der Waals surface area contributed by atoms with Crippen LogP contribution in [0.25, 0.3) is 5.76 Å². The number of hydrogen-bond acceptors (Lipinski definition) is 4. The lowest BCUT2D eigenvalue weighted by atomic mass is 9.94. The molecule has 36 heavy (non-hydrogen) atoms.